The maximum atomic E-state index is 13.7. The first-order valence-corrected chi connectivity index (χ1v) is 13.1. The van der Waals surface area contributed by atoms with Gasteiger partial charge in [0.25, 0.3) is 0 Å². The Bertz CT molecular complexity index is 1130. The minimum Gasteiger partial charge on any atom is -0.350 e. The fourth-order valence-corrected chi connectivity index (χ4v) is 4.66. The second-order valence-electron chi connectivity index (χ2n) is 9.66. The minimum atomic E-state index is -0.681. The zero-order valence-electron chi connectivity index (χ0n) is 20.8. The van der Waals surface area contributed by atoms with E-state index >= 15 is 0 Å². The van der Waals surface area contributed by atoms with Gasteiger partial charge in [-0.3, -0.25) is 9.59 Å². The van der Waals surface area contributed by atoms with Crippen LogP contribution in [-0.2, 0) is 22.6 Å². The monoisotopic (exact) mass is 508 g/mol. The van der Waals surface area contributed by atoms with E-state index in [4.69, 9.17) is 11.6 Å². The molecule has 3 aromatic rings. The predicted molar refractivity (Wildman–Crippen MR) is 146 cm³/mol. The van der Waals surface area contributed by atoms with E-state index in [0.29, 0.717) is 11.4 Å². The molecule has 0 saturated heterocycles. The van der Waals surface area contributed by atoms with Crippen molar-refractivity contribution in [3.05, 3.63) is 101 Å². The lowest BCUT2D eigenvalue weighted by atomic mass is 10.0. The van der Waals surface area contributed by atoms with Crippen molar-refractivity contribution in [1.29, 1.82) is 0 Å². The number of hydrogen-bond acceptors (Lipinski definition) is 3. The van der Waals surface area contributed by atoms with Crippen molar-refractivity contribution >= 4 is 35.2 Å². The molecule has 35 heavy (non-hydrogen) atoms. The van der Waals surface area contributed by atoms with Gasteiger partial charge < -0.3 is 10.2 Å². The molecule has 0 spiro atoms. The first kappa shape index (κ1) is 26.8. The second kappa shape index (κ2) is 12.3. The summed E-state index contributed by atoms with van der Waals surface area (Å²) >= 11 is 7.94. The summed E-state index contributed by atoms with van der Waals surface area (Å²) in [6, 6.07) is 24.7. The van der Waals surface area contributed by atoms with E-state index in [1.165, 1.54) is 17.3 Å². The summed E-state index contributed by atoms with van der Waals surface area (Å²) in [5.74, 6) is -0.0655. The summed E-state index contributed by atoms with van der Waals surface area (Å²) in [5.41, 5.74) is 2.54. The van der Waals surface area contributed by atoms with E-state index in [9.17, 15) is 9.59 Å². The fraction of sp³-hybridized carbons (Fsp3) is 0.310. The van der Waals surface area contributed by atoms with Crippen LogP contribution < -0.4 is 5.32 Å². The average Bonchev–Trinajstić information content (AvgIpc) is 2.81. The standard InChI is InChI=1S/C29H33ClN2O2S/c1-21-14-16-24(17-15-21)35-20-27(33)32(19-23-12-8-9-13-25(23)30)26(28(34)31-29(2,3)4)18-22-10-6-5-7-11-22/h5-17,26H,18-20H2,1-4H3,(H,31,34)/t26-/m0/s1. The Balaban J connectivity index is 1.93. The van der Waals surface area contributed by atoms with Crippen molar-refractivity contribution < 1.29 is 9.59 Å². The van der Waals surface area contributed by atoms with Gasteiger partial charge in [-0.05, 0) is 57.0 Å². The first-order chi connectivity index (χ1) is 16.6. The molecule has 2 amide bonds. The number of thioether (sulfide) groups is 1. The van der Waals surface area contributed by atoms with E-state index in [0.717, 1.165) is 16.0 Å². The van der Waals surface area contributed by atoms with Gasteiger partial charge in [0.2, 0.25) is 11.8 Å². The van der Waals surface area contributed by atoms with Crippen LogP contribution in [-0.4, -0.2) is 34.0 Å². The van der Waals surface area contributed by atoms with Crippen LogP contribution >= 0.6 is 23.4 Å². The molecule has 0 aromatic heterocycles. The molecule has 4 nitrogen and oxygen atoms in total. The summed E-state index contributed by atoms with van der Waals surface area (Å²) in [6.45, 7) is 8.11. The van der Waals surface area contributed by atoms with Gasteiger partial charge in [0, 0.05) is 28.4 Å². The maximum absolute atomic E-state index is 13.7. The summed E-state index contributed by atoms with van der Waals surface area (Å²) in [7, 11) is 0. The van der Waals surface area contributed by atoms with Gasteiger partial charge in [-0.25, -0.2) is 0 Å². The number of hydrogen-bond donors (Lipinski definition) is 1. The molecule has 0 unspecified atom stereocenters. The molecule has 0 aliphatic heterocycles. The molecule has 3 rings (SSSR count). The molecule has 0 radical (unpaired) electrons. The van der Waals surface area contributed by atoms with Crippen molar-refractivity contribution in [1.82, 2.24) is 10.2 Å². The van der Waals surface area contributed by atoms with Crippen molar-refractivity contribution in [3.8, 4) is 0 Å². The van der Waals surface area contributed by atoms with Crippen LogP contribution in [0.3, 0.4) is 0 Å². The number of nitrogens with zero attached hydrogens (tertiary/aromatic N) is 1. The highest BCUT2D eigenvalue weighted by atomic mass is 35.5. The third kappa shape index (κ3) is 8.44. The van der Waals surface area contributed by atoms with E-state index in [2.05, 4.69) is 5.32 Å². The Morgan fingerprint density at radius 3 is 2.20 bits per heavy atom. The highest BCUT2D eigenvalue weighted by Gasteiger charge is 2.32. The van der Waals surface area contributed by atoms with Crippen LogP contribution in [0.1, 0.15) is 37.5 Å². The van der Waals surface area contributed by atoms with Crippen molar-refractivity contribution in [2.45, 2.75) is 57.1 Å². The number of carbonyl (C=O) groups excluding carboxylic acids is 2. The Labute approximate surface area is 218 Å². The lowest BCUT2D eigenvalue weighted by Gasteiger charge is -2.34. The van der Waals surface area contributed by atoms with Gasteiger partial charge in [-0.15, -0.1) is 11.8 Å². The molecule has 3 aromatic carbocycles. The highest BCUT2D eigenvalue weighted by molar-refractivity contribution is 8.00. The van der Waals surface area contributed by atoms with Crippen LogP contribution in [0, 0.1) is 6.92 Å². The predicted octanol–water partition coefficient (Wildman–Crippen LogP) is 6.30. The number of amides is 2. The molecule has 184 valence electrons. The van der Waals surface area contributed by atoms with Gasteiger partial charge >= 0.3 is 0 Å². The fourth-order valence-electron chi connectivity index (χ4n) is 3.68. The smallest absolute Gasteiger partial charge is 0.243 e. The van der Waals surface area contributed by atoms with Gasteiger partial charge in [-0.1, -0.05) is 77.8 Å². The van der Waals surface area contributed by atoms with E-state index < -0.39 is 11.6 Å². The number of nitrogens with one attached hydrogen (secondary N) is 1. The lowest BCUT2D eigenvalue weighted by Crippen LogP contribution is -2.54. The van der Waals surface area contributed by atoms with E-state index in [-0.39, 0.29) is 24.1 Å². The molecule has 6 heteroatoms. The van der Waals surface area contributed by atoms with Gasteiger partial charge in [0.15, 0.2) is 0 Å². The SMILES string of the molecule is Cc1ccc(SCC(=O)N(Cc2ccccc2Cl)[C@@H](Cc2ccccc2)C(=O)NC(C)(C)C)cc1. The molecule has 1 N–H and O–H groups in total. The second-order valence-corrected chi connectivity index (χ2v) is 11.1. The normalized spacial score (nSPS) is 12.1. The molecule has 0 aliphatic carbocycles. The zero-order valence-corrected chi connectivity index (χ0v) is 22.3. The molecular weight excluding hydrogens is 476 g/mol. The lowest BCUT2D eigenvalue weighted by molar-refractivity contribution is -0.140. The Morgan fingerprint density at radius 2 is 1.57 bits per heavy atom. The molecule has 1 atom stereocenters. The van der Waals surface area contributed by atoms with E-state index in [1.807, 2.05) is 107 Å². The number of aryl methyl sites for hydroxylation is 1. The molecule has 0 heterocycles. The highest BCUT2D eigenvalue weighted by Crippen LogP contribution is 2.24. The Morgan fingerprint density at radius 1 is 0.943 bits per heavy atom. The van der Waals surface area contributed by atoms with Crippen LogP contribution in [0.5, 0.6) is 0 Å². The van der Waals surface area contributed by atoms with Gasteiger partial charge in [0.05, 0.1) is 5.75 Å². The summed E-state index contributed by atoms with van der Waals surface area (Å²) in [4.78, 5) is 29.9. The van der Waals surface area contributed by atoms with Crippen molar-refractivity contribution in [2.24, 2.45) is 0 Å². The number of benzene rings is 3. The number of rotatable bonds is 9. The summed E-state index contributed by atoms with van der Waals surface area (Å²) < 4.78 is 0. The number of carbonyl (C=O) groups is 2. The van der Waals surface area contributed by atoms with Crippen LogP contribution in [0.2, 0.25) is 5.02 Å². The first-order valence-electron chi connectivity index (χ1n) is 11.7. The van der Waals surface area contributed by atoms with Crippen LogP contribution in [0.4, 0.5) is 0 Å². The largest absolute Gasteiger partial charge is 0.350 e. The van der Waals surface area contributed by atoms with Gasteiger partial charge in [-0.2, -0.15) is 0 Å². The van der Waals surface area contributed by atoms with Gasteiger partial charge in [0.1, 0.15) is 6.04 Å². The average molecular weight is 509 g/mol. The Hall–Kier alpha value is -2.76. The van der Waals surface area contributed by atoms with Crippen molar-refractivity contribution in [3.63, 3.8) is 0 Å². The molecule has 0 fully saturated rings. The zero-order chi connectivity index (χ0) is 25.4. The topological polar surface area (TPSA) is 49.4 Å². The minimum absolute atomic E-state index is 0.111. The van der Waals surface area contributed by atoms with Crippen LogP contribution in [0.15, 0.2) is 83.8 Å². The summed E-state index contributed by atoms with van der Waals surface area (Å²) in [6.07, 6.45) is 0.411. The quantitative estimate of drug-likeness (QED) is 0.345. The third-order valence-electron chi connectivity index (χ3n) is 5.45. The Kier molecular flexibility index (Phi) is 9.41. The summed E-state index contributed by atoms with van der Waals surface area (Å²) in [5, 5.41) is 3.66. The molecule has 0 saturated carbocycles. The van der Waals surface area contributed by atoms with Crippen molar-refractivity contribution in [2.75, 3.05) is 5.75 Å². The van der Waals surface area contributed by atoms with Crippen LogP contribution in [0.25, 0.3) is 0 Å². The molecular formula is C29H33ClN2O2S. The molecule has 0 bridgehead atoms. The number of halogens is 1. The molecule has 0 aliphatic rings. The van der Waals surface area contributed by atoms with E-state index in [1.54, 1.807) is 4.90 Å². The third-order valence-corrected chi connectivity index (χ3v) is 6.82. The maximum Gasteiger partial charge on any atom is 0.243 e.